The van der Waals surface area contributed by atoms with Gasteiger partial charge >= 0.3 is 0 Å². The van der Waals surface area contributed by atoms with E-state index in [1.54, 1.807) is 0 Å². The van der Waals surface area contributed by atoms with E-state index in [0.29, 0.717) is 6.04 Å². The minimum atomic E-state index is 0.469. The molecule has 3 unspecified atom stereocenters. The van der Waals surface area contributed by atoms with E-state index in [4.69, 9.17) is 5.73 Å². The second kappa shape index (κ2) is 5.41. The highest BCUT2D eigenvalue weighted by Crippen LogP contribution is 2.37. The Labute approximate surface area is 110 Å². The number of nitrogens with zero attached hydrogens (tertiary/aromatic N) is 1. The summed E-state index contributed by atoms with van der Waals surface area (Å²) in [6.45, 7) is 3.63. The molecular weight excluding hydrogens is 220 g/mol. The largest absolute Gasteiger partial charge is 0.328 e. The maximum atomic E-state index is 6.12. The molecule has 2 fully saturated rings. The van der Waals surface area contributed by atoms with Crippen LogP contribution in [0.5, 0.6) is 0 Å². The van der Waals surface area contributed by atoms with Crippen molar-refractivity contribution < 1.29 is 0 Å². The Morgan fingerprint density at radius 1 is 1.11 bits per heavy atom. The standard InChI is InChI=1S/C16H24N2/c17-16-9-14-7-4-8-18(12-15(14)10-16)11-13-5-2-1-3-6-13/h1-3,5-6,14-16H,4,7-12,17H2. The van der Waals surface area contributed by atoms with Gasteiger partial charge in [0.2, 0.25) is 0 Å². The molecule has 18 heavy (non-hydrogen) atoms. The molecule has 1 heterocycles. The summed E-state index contributed by atoms with van der Waals surface area (Å²) in [5.41, 5.74) is 7.57. The lowest BCUT2D eigenvalue weighted by Gasteiger charge is -2.24. The van der Waals surface area contributed by atoms with Crippen LogP contribution in [-0.4, -0.2) is 24.0 Å². The van der Waals surface area contributed by atoms with Crippen molar-refractivity contribution in [2.75, 3.05) is 13.1 Å². The first-order chi connectivity index (χ1) is 8.81. The Kier molecular flexibility index (Phi) is 3.67. The van der Waals surface area contributed by atoms with Gasteiger partial charge in [0.1, 0.15) is 0 Å². The Morgan fingerprint density at radius 2 is 1.89 bits per heavy atom. The minimum Gasteiger partial charge on any atom is -0.328 e. The highest BCUT2D eigenvalue weighted by atomic mass is 15.1. The topological polar surface area (TPSA) is 29.3 Å². The maximum Gasteiger partial charge on any atom is 0.0233 e. The molecular formula is C16H24N2. The molecule has 1 aromatic carbocycles. The molecule has 3 atom stereocenters. The van der Waals surface area contributed by atoms with Crippen LogP contribution in [0.1, 0.15) is 31.2 Å². The summed E-state index contributed by atoms with van der Waals surface area (Å²) in [7, 11) is 0. The van der Waals surface area contributed by atoms with E-state index in [0.717, 1.165) is 18.4 Å². The number of likely N-dealkylation sites (tertiary alicyclic amines) is 1. The first-order valence-electron chi connectivity index (χ1n) is 7.33. The summed E-state index contributed by atoms with van der Waals surface area (Å²) in [5, 5.41) is 0. The van der Waals surface area contributed by atoms with Crippen molar-refractivity contribution in [3.63, 3.8) is 0 Å². The zero-order valence-corrected chi connectivity index (χ0v) is 11.1. The van der Waals surface area contributed by atoms with Gasteiger partial charge in [0, 0.05) is 19.1 Å². The first-order valence-corrected chi connectivity index (χ1v) is 7.33. The summed E-state index contributed by atoms with van der Waals surface area (Å²) >= 11 is 0. The average Bonchev–Trinajstić information content (AvgIpc) is 2.60. The van der Waals surface area contributed by atoms with Crippen LogP contribution in [0.2, 0.25) is 0 Å². The summed E-state index contributed by atoms with van der Waals surface area (Å²) in [6, 6.07) is 11.3. The van der Waals surface area contributed by atoms with Crippen LogP contribution < -0.4 is 5.73 Å². The van der Waals surface area contributed by atoms with E-state index >= 15 is 0 Å². The second-order valence-electron chi connectivity index (χ2n) is 6.11. The van der Waals surface area contributed by atoms with Crippen LogP contribution in [0.25, 0.3) is 0 Å². The average molecular weight is 244 g/mol. The molecule has 1 aromatic rings. The Morgan fingerprint density at radius 3 is 2.72 bits per heavy atom. The van der Waals surface area contributed by atoms with Gasteiger partial charge in [-0.1, -0.05) is 30.3 Å². The SMILES string of the molecule is NC1CC2CCCN(Cc3ccccc3)CC2C1. The normalized spacial score (nSPS) is 33.1. The fourth-order valence-corrected chi connectivity index (χ4v) is 3.82. The zero-order valence-electron chi connectivity index (χ0n) is 11.1. The van der Waals surface area contributed by atoms with Crippen molar-refractivity contribution in [2.24, 2.45) is 17.6 Å². The van der Waals surface area contributed by atoms with Crippen molar-refractivity contribution in [3.05, 3.63) is 35.9 Å². The molecule has 2 N–H and O–H groups in total. The Balaban J connectivity index is 1.63. The molecule has 0 spiro atoms. The molecule has 2 aliphatic rings. The van der Waals surface area contributed by atoms with Crippen LogP contribution in [0.4, 0.5) is 0 Å². The van der Waals surface area contributed by atoms with Gasteiger partial charge in [0.15, 0.2) is 0 Å². The molecule has 1 saturated carbocycles. The summed E-state index contributed by atoms with van der Waals surface area (Å²) in [5.74, 6) is 1.76. The van der Waals surface area contributed by atoms with E-state index < -0.39 is 0 Å². The highest BCUT2D eigenvalue weighted by Gasteiger charge is 2.34. The van der Waals surface area contributed by atoms with Gasteiger partial charge in [-0.3, -0.25) is 4.90 Å². The lowest BCUT2D eigenvalue weighted by molar-refractivity contribution is 0.230. The van der Waals surface area contributed by atoms with E-state index in [-0.39, 0.29) is 0 Å². The molecule has 0 bridgehead atoms. The van der Waals surface area contributed by atoms with Gasteiger partial charge in [-0.15, -0.1) is 0 Å². The summed E-state index contributed by atoms with van der Waals surface area (Å²) < 4.78 is 0. The van der Waals surface area contributed by atoms with Crippen molar-refractivity contribution >= 4 is 0 Å². The molecule has 3 rings (SSSR count). The lowest BCUT2D eigenvalue weighted by atomic mass is 9.93. The van der Waals surface area contributed by atoms with Gasteiger partial charge in [-0.25, -0.2) is 0 Å². The van der Waals surface area contributed by atoms with Gasteiger partial charge in [0.25, 0.3) is 0 Å². The van der Waals surface area contributed by atoms with Crippen LogP contribution in [0, 0.1) is 11.8 Å². The summed E-state index contributed by atoms with van der Waals surface area (Å²) in [6.07, 6.45) is 5.25. The van der Waals surface area contributed by atoms with Crippen molar-refractivity contribution in [2.45, 2.75) is 38.3 Å². The maximum absolute atomic E-state index is 6.12. The fraction of sp³-hybridized carbons (Fsp3) is 0.625. The highest BCUT2D eigenvalue weighted by molar-refractivity contribution is 5.14. The Hall–Kier alpha value is -0.860. The van der Waals surface area contributed by atoms with Crippen molar-refractivity contribution in [3.8, 4) is 0 Å². The number of hydrogen-bond acceptors (Lipinski definition) is 2. The Bertz CT molecular complexity index is 376. The molecule has 0 aromatic heterocycles. The third-order valence-electron chi connectivity index (χ3n) is 4.67. The van der Waals surface area contributed by atoms with E-state index in [9.17, 15) is 0 Å². The van der Waals surface area contributed by atoms with Gasteiger partial charge in [-0.2, -0.15) is 0 Å². The molecule has 0 amide bonds. The van der Waals surface area contributed by atoms with Gasteiger partial charge in [-0.05, 0) is 49.6 Å². The van der Waals surface area contributed by atoms with Gasteiger partial charge < -0.3 is 5.73 Å². The molecule has 0 radical (unpaired) electrons. The number of nitrogens with two attached hydrogens (primary N) is 1. The quantitative estimate of drug-likeness (QED) is 0.866. The molecule has 2 nitrogen and oxygen atoms in total. The third-order valence-corrected chi connectivity index (χ3v) is 4.67. The lowest BCUT2D eigenvalue weighted by Crippen LogP contribution is -2.29. The third kappa shape index (κ3) is 2.76. The monoisotopic (exact) mass is 244 g/mol. The minimum absolute atomic E-state index is 0.469. The van der Waals surface area contributed by atoms with Crippen LogP contribution in [-0.2, 0) is 6.54 Å². The molecule has 1 saturated heterocycles. The van der Waals surface area contributed by atoms with Crippen LogP contribution in [0.15, 0.2) is 30.3 Å². The van der Waals surface area contributed by atoms with E-state index in [1.165, 1.54) is 44.3 Å². The smallest absolute Gasteiger partial charge is 0.0233 e. The van der Waals surface area contributed by atoms with Gasteiger partial charge in [0.05, 0.1) is 0 Å². The predicted octanol–water partition coefficient (Wildman–Crippen LogP) is 2.64. The number of rotatable bonds is 2. The van der Waals surface area contributed by atoms with E-state index in [1.807, 2.05) is 0 Å². The molecule has 2 heteroatoms. The first kappa shape index (κ1) is 12.2. The van der Waals surface area contributed by atoms with Crippen LogP contribution in [0.3, 0.4) is 0 Å². The van der Waals surface area contributed by atoms with Crippen molar-refractivity contribution in [1.82, 2.24) is 4.90 Å². The fourth-order valence-electron chi connectivity index (χ4n) is 3.82. The number of benzene rings is 1. The molecule has 98 valence electrons. The predicted molar refractivity (Wildman–Crippen MR) is 75.1 cm³/mol. The summed E-state index contributed by atoms with van der Waals surface area (Å²) in [4.78, 5) is 2.64. The van der Waals surface area contributed by atoms with Crippen molar-refractivity contribution in [1.29, 1.82) is 0 Å². The number of fused-ring (bicyclic) bond motifs is 1. The molecule has 1 aliphatic carbocycles. The molecule has 1 aliphatic heterocycles. The number of hydrogen-bond donors (Lipinski definition) is 1. The second-order valence-corrected chi connectivity index (χ2v) is 6.11. The van der Waals surface area contributed by atoms with Crippen LogP contribution >= 0.6 is 0 Å². The van der Waals surface area contributed by atoms with E-state index in [2.05, 4.69) is 35.2 Å². The zero-order chi connectivity index (χ0) is 12.4.